The lowest BCUT2D eigenvalue weighted by molar-refractivity contribution is -0.166. The molecule has 0 saturated carbocycles. The zero-order chi connectivity index (χ0) is 27.4. The van der Waals surface area contributed by atoms with E-state index in [0.717, 1.165) is 19.3 Å². The van der Waals surface area contributed by atoms with Gasteiger partial charge in [-0.15, -0.1) is 0 Å². The molecule has 0 radical (unpaired) electrons. The minimum atomic E-state index is -0.822. The maximum atomic E-state index is 12.1. The van der Waals surface area contributed by atoms with Gasteiger partial charge in [-0.2, -0.15) is 0 Å². The Labute approximate surface area is 225 Å². The molecule has 0 aliphatic rings. The molecule has 0 heterocycles. The van der Waals surface area contributed by atoms with Gasteiger partial charge >= 0.3 is 17.9 Å². The first-order chi connectivity index (χ1) is 18.0. The van der Waals surface area contributed by atoms with Gasteiger partial charge in [0.25, 0.3) is 0 Å². The van der Waals surface area contributed by atoms with Gasteiger partial charge in [-0.1, -0.05) is 96.8 Å². The maximum Gasteiger partial charge on any atom is 0.306 e. The van der Waals surface area contributed by atoms with E-state index < -0.39 is 18.0 Å². The highest BCUT2D eigenvalue weighted by molar-refractivity contribution is 5.71. The monoisotopic (exact) mass is 528 g/mol. The summed E-state index contributed by atoms with van der Waals surface area (Å²) >= 11 is 0. The van der Waals surface area contributed by atoms with Crippen molar-refractivity contribution in [3.05, 3.63) is 0 Å². The van der Waals surface area contributed by atoms with Gasteiger partial charge in [-0.05, 0) is 32.4 Å². The molecule has 4 N–H and O–H groups in total. The summed E-state index contributed by atoms with van der Waals surface area (Å²) in [6.07, 6.45) is 19.9. The highest BCUT2D eigenvalue weighted by Crippen LogP contribution is 2.14. The molecular formula is C29H56N2O6. The van der Waals surface area contributed by atoms with E-state index in [0.29, 0.717) is 32.4 Å². The normalized spacial score (nSPS) is 11.8. The van der Waals surface area contributed by atoms with E-state index in [-0.39, 0.29) is 32.0 Å². The zero-order valence-corrected chi connectivity index (χ0v) is 23.7. The van der Waals surface area contributed by atoms with E-state index in [2.05, 4.69) is 6.92 Å². The number of carbonyl (C=O) groups is 3. The van der Waals surface area contributed by atoms with Crippen molar-refractivity contribution in [2.45, 2.75) is 141 Å². The number of ether oxygens (including phenoxy) is 3. The van der Waals surface area contributed by atoms with Crippen LogP contribution in [0.5, 0.6) is 0 Å². The van der Waals surface area contributed by atoms with Crippen molar-refractivity contribution >= 4 is 17.9 Å². The van der Waals surface area contributed by atoms with E-state index in [4.69, 9.17) is 25.7 Å². The number of hydrogen-bond acceptors (Lipinski definition) is 8. The van der Waals surface area contributed by atoms with Gasteiger partial charge in [0, 0.05) is 19.3 Å². The molecule has 0 fully saturated rings. The van der Waals surface area contributed by atoms with E-state index >= 15 is 0 Å². The van der Waals surface area contributed by atoms with Gasteiger partial charge in [0.1, 0.15) is 13.2 Å². The average molecular weight is 529 g/mol. The molecule has 0 bridgehead atoms. The standard InChI is InChI=1S/C29H56N2O6/c1-2-3-4-5-6-7-8-9-10-11-12-13-14-15-16-19-27(32)35-24-26(37-29(34)21-18-23-31)25-36-28(33)20-17-22-30/h26H,2-25,30-31H2,1H3. The summed E-state index contributed by atoms with van der Waals surface area (Å²) in [6, 6.07) is 0. The summed E-state index contributed by atoms with van der Waals surface area (Å²) in [6.45, 7) is 2.75. The number of rotatable bonds is 27. The second-order valence-electron chi connectivity index (χ2n) is 9.96. The van der Waals surface area contributed by atoms with Crippen molar-refractivity contribution in [3.63, 3.8) is 0 Å². The fourth-order valence-corrected chi connectivity index (χ4v) is 4.01. The largest absolute Gasteiger partial charge is 0.462 e. The van der Waals surface area contributed by atoms with E-state index in [1.807, 2.05) is 0 Å². The average Bonchev–Trinajstić information content (AvgIpc) is 2.89. The molecule has 0 rings (SSSR count). The van der Waals surface area contributed by atoms with Crippen LogP contribution in [-0.4, -0.2) is 50.3 Å². The van der Waals surface area contributed by atoms with Crippen molar-refractivity contribution < 1.29 is 28.6 Å². The summed E-state index contributed by atoms with van der Waals surface area (Å²) in [5.74, 6) is -1.20. The van der Waals surface area contributed by atoms with Gasteiger partial charge in [0.2, 0.25) is 0 Å². The second-order valence-corrected chi connectivity index (χ2v) is 9.96. The van der Waals surface area contributed by atoms with Gasteiger partial charge < -0.3 is 25.7 Å². The molecule has 0 aromatic rings. The summed E-state index contributed by atoms with van der Waals surface area (Å²) < 4.78 is 15.8. The lowest BCUT2D eigenvalue weighted by Gasteiger charge is -2.18. The lowest BCUT2D eigenvalue weighted by Crippen LogP contribution is -2.31. The van der Waals surface area contributed by atoms with Crippen LogP contribution in [0.3, 0.4) is 0 Å². The fourth-order valence-electron chi connectivity index (χ4n) is 4.01. The Morgan fingerprint density at radius 1 is 0.514 bits per heavy atom. The highest BCUT2D eigenvalue weighted by Gasteiger charge is 2.19. The minimum absolute atomic E-state index is 0.129. The molecule has 0 aliphatic carbocycles. The summed E-state index contributed by atoms with van der Waals surface area (Å²) in [5, 5.41) is 0. The Morgan fingerprint density at radius 2 is 0.865 bits per heavy atom. The molecule has 0 saturated heterocycles. The minimum Gasteiger partial charge on any atom is -0.462 e. The van der Waals surface area contributed by atoms with Crippen LogP contribution in [0.2, 0.25) is 0 Å². The second kappa shape index (κ2) is 27.4. The highest BCUT2D eigenvalue weighted by atomic mass is 16.6. The SMILES string of the molecule is CCCCCCCCCCCCCCCCCC(=O)OCC(COC(=O)CCCN)OC(=O)CCCN. The van der Waals surface area contributed by atoms with Crippen LogP contribution in [-0.2, 0) is 28.6 Å². The van der Waals surface area contributed by atoms with Crippen LogP contribution in [0.4, 0.5) is 0 Å². The first-order valence-electron chi connectivity index (χ1n) is 14.9. The smallest absolute Gasteiger partial charge is 0.306 e. The van der Waals surface area contributed by atoms with Gasteiger partial charge in [0.15, 0.2) is 6.10 Å². The van der Waals surface area contributed by atoms with Gasteiger partial charge in [0.05, 0.1) is 0 Å². The number of esters is 3. The Bertz CT molecular complexity index is 559. The zero-order valence-electron chi connectivity index (χ0n) is 23.7. The third-order valence-corrected chi connectivity index (χ3v) is 6.31. The fraction of sp³-hybridized carbons (Fsp3) is 0.897. The Kier molecular flexibility index (Phi) is 26.1. The van der Waals surface area contributed by atoms with Crippen LogP contribution in [0.25, 0.3) is 0 Å². The van der Waals surface area contributed by atoms with Gasteiger partial charge in [-0.25, -0.2) is 0 Å². The molecule has 8 heteroatoms. The first-order valence-corrected chi connectivity index (χ1v) is 14.9. The lowest BCUT2D eigenvalue weighted by atomic mass is 10.0. The van der Waals surface area contributed by atoms with E-state index in [1.165, 1.54) is 77.0 Å². The van der Waals surface area contributed by atoms with Crippen molar-refractivity contribution in [2.75, 3.05) is 26.3 Å². The quantitative estimate of drug-likeness (QED) is 0.0786. The maximum absolute atomic E-state index is 12.1. The number of unbranched alkanes of at least 4 members (excludes halogenated alkanes) is 14. The van der Waals surface area contributed by atoms with Crippen LogP contribution in [0, 0.1) is 0 Å². The Hall–Kier alpha value is -1.67. The Morgan fingerprint density at radius 3 is 1.27 bits per heavy atom. The third-order valence-electron chi connectivity index (χ3n) is 6.31. The third kappa shape index (κ3) is 25.7. The molecular weight excluding hydrogens is 472 g/mol. The van der Waals surface area contributed by atoms with Crippen molar-refractivity contribution in [1.82, 2.24) is 0 Å². The molecule has 1 atom stereocenters. The van der Waals surface area contributed by atoms with Crippen molar-refractivity contribution in [1.29, 1.82) is 0 Å². The van der Waals surface area contributed by atoms with Crippen LogP contribution < -0.4 is 11.5 Å². The molecule has 1 unspecified atom stereocenters. The van der Waals surface area contributed by atoms with Crippen LogP contribution >= 0.6 is 0 Å². The van der Waals surface area contributed by atoms with Gasteiger partial charge in [-0.3, -0.25) is 14.4 Å². The molecule has 0 amide bonds. The first kappa shape index (κ1) is 35.3. The van der Waals surface area contributed by atoms with Crippen molar-refractivity contribution in [2.24, 2.45) is 11.5 Å². The van der Waals surface area contributed by atoms with E-state index in [1.54, 1.807) is 0 Å². The molecule has 0 aliphatic heterocycles. The topological polar surface area (TPSA) is 131 Å². The summed E-state index contributed by atoms with van der Waals surface area (Å²) in [5.41, 5.74) is 10.8. The number of hydrogen-bond donors (Lipinski definition) is 2. The van der Waals surface area contributed by atoms with Crippen LogP contribution in [0.1, 0.15) is 135 Å². The molecule has 0 aromatic heterocycles. The molecule has 218 valence electrons. The predicted octanol–water partition coefficient (Wildman–Crippen LogP) is 5.72. The molecule has 0 aromatic carbocycles. The molecule has 0 spiro atoms. The number of carbonyl (C=O) groups excluding carboxylic acids is 3. The predicted molar refractivity (Wildman–Crippen MR) is 148 cm³/mol. The molecule has 8 nitrogen and oxygen atoms in total. The van der Waals surface area contributed by atoms with E-state index in [9.17, 15) is 14.4 Å². The summed E-state index contributed by atoms with van der Waals surface area (Å²) in [7, 11) is 0. The Balaban J connectivity index is 3.86. The summed E-state index contributed by atoms with van der Waals surface area (Å²) in [4.78, 5) is 35.8. The molecule has 37 heavy (non-hydrogen) atoms. The number of nitrogens with two attached hydrogens (primary N) is 2. The van der Waals surface area contributed by atoms with Crippen molar-refractivity contribution in [3.8, 4) is 0 Å². The van der Waals surface area contributed by atoms with Crippen LogP contribution in [0.15, 0.2) is 0 Å².